The van der Waals surface area contributed by atoms with Crippen molar-refractivity contribution in [3.05, 3.63) is 5.38 Å². The van der Waals surface area contributed by atoms with Gasteiger partial charge in [0.25, 0.3) is 0 Å². The summed E-state index contributed by atoms with van der Waals surface area (Å²) < 4.78 is 10.8. The quantitative estimate of drug-likeness (QED) is 0.563. The first-order valence-corrected chi connectivity index (χ1v) is 4.40. The first-order valence-electron chi connectivity index (χ1n) is 3.52. The van der Waals surface area contributed by atoms with Crippen LogP contribution in [0.3, 0.4) is 0 Å². The molecule has 2 heterocycles. The second kappa shape index (κ2) is 2.97. The van der Waals surface area contributed by atoms with Crippen LogP contribution in [0.4, 0.5) is 0 Å². The van der Waals surface area contributed by atoms with Crippen LogP contribution in [0.1, 0.15) is 0 Å². The van der Waals surface area contributed by atoms with Crippen molar-refractivity contribution in [3.63, 3.8) is 0 Å². The van der Waals surface area contributed by atoms with Gasteiger partial charge in [-0.1, -0.05) is 0 Å². The second-order valence-electron chi connectivity index (χ2n) is 2.36. The van der Waals surface area contributed by atoms with Gasteiger partial charge < -0.3 is 19.5 Å². The van der Waals surface area contributed by atoms with Gasteiger partial charge in [-0.15, -0.1) is 11.3 Å². The van der Waals surface area contributed by atoms with Gasteiger partial charge in [0, 0.05) is 5.38 Å². The third-order valence-corrected chi connectivity index (χ3v) is 2.54. The molecule has 0 amide bonds. The van der Waals surface area contributed by atoms with Crippen LogP contribution >= 0.6 is 11.3 Å². The Kier molecular flexibility index (Phi) is 1.96. The molecule has 0 unspecified atom stereocenters. The van der Waals surface area contributed by atoms with E-state index in [1.807, 2.05) is 0 Å². The summed E-state index contributed by atoms with van der Waals surface area (Å²) in [6.07, 6.45) is 0. The summed E-state index contributed by atoms with van der Waals surface area (Å²) >= 11 is 1.22. The van der Waals surface area contributed by atoms with Crippen molar-refractivity contribution in [2.45, 2.75) is 0 Å². The lowest BCUT2D eigenvalue weighted by molar-refractivity contribution is 0.174. The number of rotatable bonds is 1. The Morgan fingerprint density at radius 3 is 2.83 bits per heavy atom. The largest absolute Gasteiger partial charge is 0.503 e. The highest BCUT2D eigenvalue weighted by atomic mass is 32.1. The highest BCUT2D eigenvalue weighted by Crippen LogP contribution is 2.31. The van der Waals surface area contributed by atoms with Crippen molar-refractivity contribution in [1.82, 2.24) is 0 Å². The monoisotopic (exact) mass is 186 g/mol. The number of thiophene rings is 1. The van der Waals surface area contributed by atoms with E-state index in [2.05, 4.69) is 0 Å². The molecular weight excluding hydrogens is 179 g/mol. The molecule has 64 valence electrons. The van der Waals surface area contributed by atoms with Crippen molar-refractivity contribution < 1.29 is 19.5 Å². The molecule has 12 heavy (non-hydrogen) atoms. The van der Waals surface area contributed by atoms with E-state index in [4.69, 9.17) is 19.5 Å². The van der Waals surface area contributed by atoms with E-state index in [9.17, 15) is 0 Å². The maximum Gasteiger partial charge on any atom is 0.503 e. The summed E-state index contributed by atoms with van der Waals surface area (Å²) in [6, 6.07) is 0. The molecule has 1 aliphatic heterocycles. The zero-order valence-electron chi connectivity index (χ0n) is 6.19. The van der Waals surface area contributed by atoms with Crippen molar-refractivity contribution in [1.29, 1.82) is 0 Å². The van der Waals surface area contributed by atoms with Gasteiger partial charge in [-0.3, -0.25) is 0 Å². The molecule has 0 saturated heterocycles. The molecule has 4 nitrogen and oxygen atoms in total. The van der Waals surface area contributed by atoms with Crippen LogP contribution < -0.4 is 14.3 Å². The molecule has 0 bridgehead atoms. The van der Waals surface area contributed by atoms with Crippen molar-refractivity contribution in [2.24, 2.45) is 0 Å². The fraction of sp³-hybridized carbons (Fsp3) is 0.333. The molecule has 2 N–H and O–H groups in total. The third-order valence-electron chi connectivity index (χ3n) is 1.56. The molecule has 0 fully saturated rings. The van der Waals surface area contributed by atoms with Crippen molar-refractivity contribution in [3.8, 4) is 11.5 Å². The minimum atomic E-state index is -1.47. The Morgan fingerprint density at radius 2 is 2.08 bits per heavy atom. The first-order chi connectivity index (χ1) is 5.79. The van der Waals surface area contributed by atoms with Gasteiger partial charge in [0.1, 0.15) is 13.2 Å². The molecule has 1 aliphatic rings. The van der Waals surface area contributed by atoms with Crippen LogP contribution in [0.25, 0.3) is 0 Å². The van der Waals surface area contributed by atoms with Gasteiger partial charge in [-0.2, -0.15) is 0 Å². The second-order valence-corrected chi connectivity index (χ2v) is 3.28. The van der Waals surface area contributed by atoms with Gasteiger partial charge in [0.05, 0.1) is 4.78 Å². The molecule has 0 radical (unpaired) electrons. The van der Waals surface area contributed by atoms with Gasteiger partial charge in [-0.25, -0.2) is 0 Å². The van der Waals surface area contributed by atoms with E-state index in [1.165, 1.54) is 11.3 Å². The average molecular weight is 186 g/mol. The summed E-state index contributed by atoms with van der Waals surface area (Å²) in [4.78, 5) is 0. The van der Waals surface area contributed by atoms with E-state index in [1.54, 1.807) is 5.38 Å². The number of fused-ring (bicyclic) bond motifs is 1. The van der Waals surface area contributed by atoms with E-state index in [-0.39, 0.29) is 0 Å². The Hall–Kier alpha value is -0.715. The van der Waals surface area contributed by atoms with Crippen LogP contribution in [-0.2, 0) is 0 Å². The van der Waals surface area contributed by atoms with Crippen molar-refractivity contribution in [2.75, 3.05) is 13.2 Å². The first kappa shape index (κ1) is 7.91. The Bertz CT molecular complexity index is 285. The van der Waals surface area contributed by atoms with E-state index < -0.39 is 7.12 Å². The molecule has 1 aromatic rings. The van der Waals surface area contributed by atoms with Crippen LogP contribution in [0.2, 0.25) is 0 Å². The maximum atomic E-state index is 8.90. The predicted octanol–water partition coefficient (Wildman–Crippen LogP) is -0.801. The Morgan fingerprint density at radius 1 is 1.33 bits per heavy atom. The highest BCUT2D eigenvalue weighted by molar-refractivity contribution is 7.21. The smallest absolute Gasteiger partial charge is 0.486 e. The van der Waals surface area contributed by atoms with Gasteiger partial charge in [-0.05, 0) is 0 Å². The van der Waals surface area contributed by atoms with Crippen LogP contribution in [0.15, 0.2) is 5.38 Å². The zero-order valence-corrected chi connectivity index (χ0v) is 7.00. The summed E-state index contributed by atoms with van der Waals surface area (Å²) in [5.41, 5.74) is 0. The van der Waals surface area contributed by atoms with E-state index in [0.717, 1.165) is 0 Å². The fourth-order valence-electron chi connectivity index (χ4n) is 1.06. The summed E-state index contributed by atoms with van der Waals surface area (Å²) in [5.74, 6) is 1.08. The highest BCUT2D eigenvalue weighted by Gasteiger charge is 2.25. The minimum absolute atomic E-state index is 0.407. The maximum absolute atomic E-state index is 8.90. The lowest BCUT2D eigenvalue weighted by atomic mass is 9.89. The SMILES string of the molecule is OB(O)c1scc2c1OCCO2. The molecule has 0 spiro atoms. The van der Waals surface area contributed by atoms with Crippen LogP contribution in [-0.4, -0.2) is 30.4 Å². The minimum Gasteiger partial charge on any atom is -0.486 e. The van der Waals surface area contributed by atoms with Crippen LogP contribution in [0.5, 0.6) is 11.5 Å². The molecule has 0 atom stereocenters. The molecule has 0 aliphatic carbocycles. The van der Waals surface area contributed by atoms with E-state index in [0.29, 0.717) is 29.5 Å². The van der Waals surface area contributed by atoms with E-state index >= 15 is 0 Å². The average Bonchev–Trinajstić information content (AvgIpc) is 2.47. The van der Waals surface area contributed by atoms with Crippen molar-refractivity contribution >= 4 is 23.2 Å². The van der Waals surface area contributed by atoms with Gasteiger partial charge in [0.2, 0.25) is 0 Å². The standard InChI is InChI=1S/C6H7BO4S/c8-7(9)6-5-4(3-12-6)10-1-2-11-5/h3,8-9H,1-2H2. The number of ether oxygens (including phenoxy) is 2. The molecule has 2 rings (SSSR count). The number of hydrogen-bond donors (Lipinski definition) is 2. The van der Waals surface area contributed by atoms with Gasteiger partial charge in [0.15, 0.2) is 11.5 Å². The summed E-state index contributed by atoms with van der Waals surface area (Å²) in [7, 11) is -1.47. The molecule has 0 saturated carbocycles. The molecular formula is C6H7BO4S. The summed E-state index contributed by atoms with van der Waals surface area (Å²) in [6.45, 7) is 0.980. The summed E-state index contributed by atoms with van der Waals surface area (Å²) in [5, 5.41) is 19.5. The Balaban J connectivity index is 2.38. The third kappa shape index (κ3) is 1.18. The van der Waals surface area contributed by atoms with Crippen LogP contribution in [0, 0.1) is 0 Å². The lowest BCUT2D eigenvalue weighted by Gasteiger charge is -2.15. The van der Waals surface area contributed by atoms with Gasteiger partial charge >= 0.3 is 7.12 Å². The zero-order chi connectivity index (χ0) is 8.55. The molecule has 6 heteroatoms. The normalized spacial score (nSPS) is 14.5. The Labute approximate surface area is 73.5 Å². The fourth-order valence-corrected chi connectivity index (χ4v) is 1.86. The molecule has 1 aromatic heterocycles. The lowest BCUT2D eigenvalue weighted by Crippen LogP contribution is -2.30. The number of hydrogen-bond acceptors (Lipinski definition) is 5. The topological polar surface area (TPSA) is 58.9 Å². The predicted molar refractivity (Wildman–Crippen MR) is 45.1 cm³/mol. The molecule has 0 aromatic carbocycles.